The lowest BCUT2D eigenvalue weighted by Crippen LogP contribution is -2.00. The Bertz CT molecular complexity index is 3070. The second kappa shape index (κ2) is 11.4. The van der Waals surface area contributed by atoms with Gasteiger partial charge >= 0.3 is 0 Å². The van der Waals surface area contributed by atoms with Crippen LogP contribution in [0.15, 0.2) is 174 Å². The second-order valence-corrected chi connectivity index (χ2v) is 12.1. The van der Waals surface area contributed by atoms with Crippen LogP contribution in [-0.2, 0) is 0 Å². The monoisotopic (exact) mass is 645 g/mol. The predicted molar refractivity (Wildman–Crippen MR) is 203 cm³/mol. The zero-order valence-electron chi connectivity index (χ0n) is 31.5. The van der Waals surface area contributed by atoms with Crippen LogP contribution in [0.1, 0.15) is 6.85 Å². The number of aromatic nitrogens is 4. The summed E-state index contributed by atoms with van der Waals surface area (Å²) in [5, 5.41) is 3.47. The summed E-state index contributed by atoms with van der Waals surface area (Å²) in [5.74, 6) is 1.71. The van der Waals surface area contributed by atoms with Gasteiger partial charge in [-0.2, -0.15) is 0 Å². The minimum absolute atomic E-state index is 0.165. The summed E-state index contributed by atoms with van der Waals surface area (Å²) in [6, 6.07) is 43.8. The molecule has 10 aromatic rings. The number of fused-ring (bicyclic) bond motifs is 6. The summed E-state index contributed by atoms with van der Waals surface area (Å²) in [7, 11) is 0. The van der Waals surface area contributed by atoms with Gasteiger partial charge in [-0.25, -0.2) is 15.0 Å². The molecule has 0 aliphatic carbocycles. The van der Waals surface area contributed by atoms with Crippen LogP contribution in [0.5, 0.6) is 0 Å². The fourth-order valence-corrected chi connectivity index (χ4v) is 6.91. The summed E-state index contributed by atoms with van der Waals surface area (Å²) < 4.78 is 51.3. The first-order valence-electron chi connectivity index (χ1n) is 18.8. The number of para-hydroxylation sites is 2. The Morgan fingerprint density at radius 3 is 1.84 bits per heavy atom. The second-order valence-electron chi connectivity index (χ2n) is 12.1. The Labute approximate surface area is 294 Å². The maximum Gasteiger partial charge on any atom is 0.164 e. The summed E-state index contributed by atoms with van der Waals surface area (Å²) in [4.78, 5) is 14.7. The first-order chi connectivity index (χ1) is 26.9. The van der Waals surface area contributed by atoms with Crippen LogP contribution < -0.4 is 0 Å². The lowest BCUT2D eigenvalue weighted by molar-refractivity contribution is 0.666. The number of hydrogen-bond acceptors (Lipinski definition) is 4. The van der Waals surface area contributed by atoms with E-state index in [4.69, 9.17) is 26.2 Å². The van der Waals surface area contributed by atoms with E-state index in [-0.39, 0.29) is 29.7 Å². The fourth-order valence-electron chi connectivity index (χ4n) is 6.91. The van der Waals surface area contributed by atoms with Gasteiger partial charge in [0.15, 0.2) is 23.1 Å². The van der Waals surface area contributed by atoms with E-state index >= 15 is 0 Å². The van der Waals surface area contributed by atoms with E-state index in [2.05, 4.69) is 10.6 Å². The zero-order chi connectivity index (χ0) is 37.4. The molecule has 0 aliphatic rings. The van der Waals surface area contributed by atoms with Gasteiger partial charge in [-0.3, -0.25) is 0 Å². The topological polar surface area (TPSA) is 56.7 Å². The minimum Gasteiger partial charge on any atom is -0.454 e. The average Bonchev–Trinajstić information content (AvgIpc) is 3.79. The number of nitrogens with zero attached hydrogens (tertiary/aromatic N) is 4. The molecule has 5 heteroatoms. The summed E-state index contributed by atoms with van der Waals surface area (Å²) in [5.41, 5.74) is 7.21. The Morgan fingerprint density at radius 1 is 0.480 bits per heavy atom. The van der Waals surface area contributed by atoms with E-state index in [0.29, 0.717) is 34.2 Å². The highest BCUT2D eigenvalue weighted by Gasteiger charge is 2.20. The molecular formula is C45H28N4O. The van der Waals surface area contributed by atoms with Crippen LogP contribution in [-0.4, -0.2) is 19.5 Å². The van der Waals surface area contributed by atoms with Crippen LogP contribution in [0, 0.1) is 0 Å². The van der Waals surface area contributed by atoms with Gasteiger partial charge in [-0.1, -0.05) is 133 Å². The lowest BCUT2D eigenvalue weighted by atomic mass is 9.99. The smallest absolute Gasteiger partial charge is 0.164 e. The van der Waals surface area contributed by atoms with Gasteiger partial charge in [0, 0.05) is 38.2 Å². The van der Waals surface area contributed by atoms with E-state index in [1.165, 1.54) is 0 Å². The molecule has 3 heterocycles. The normalized spacial score (nSPS) is 13.0. The standard InChI is InChI=1S/C45H28N4O/c1-4-14-29(15-5-1)33-21-12-24-38-41(33)35-20-10-11-23-37(35)49(38)39-25-13-22-34-36-28-32(26-27-40(36)50-42(34)39)45-47-43(30-16-6-2-7-17-30)46-44(48-45)31-18-8-3-9-19-31/h1-28H/i1D,4D,5D,14D,15D. The van der Waals surface area contributed by atoms with Crippen molar-refractivity contribution in [2.24, 2.45) is 0 Å². The average molecular weight is 646 g/mol. The number of benzene rings is 7. The highest BCUT2D eigenvalue weighted by molar-refractivity contribution is 6.17. The minimum atomic E-state index is -0.420. The van der Waals surface area contributed by atoms with Crippen molar-refractivity contribution in [1.29, 1.82) is 0 Å². The molecule has 0 spiro atoms. The molecule has 10 rings (SSSR count). The molecule has 0 saturated heterocycles. The van der Waals surface area contributed by atoms with Crippen molar-refractivity contribution in [1.82, 2.24) is 19.5 Å². The molecule has 0 saturated carbocycles. The molecule has 234 valence electrons. The fraction of sp³-hybridized carbons (Fsp3) is 0. The summed E-state index contributed by atoms with van der Waals surface area (Å²) >= 11 is 0. The van der Waals surface area contributed by atoms with Gasteiger partial charge in [0.25, 0.3) is 0 Å². The maximum absolute atomic E-state index is 8.78. The third-order valence-electron chi connectivity index (χ3n) is 9.14. The predicted octanol–water partition coefficient (Wildman–Crippen LogP) is 11.5. The third kappa shape index (κ3) is 4.52. The largest absolute Gasteiger partial charge is 0.454 e. The van der Waals surface area contributed by atoms with Crippen LogP contribution in [0.3, 0.4) is 0 Å². The zero-order valence-corrected chi connectivity index (χ0v) is 26.5. The van der Waals surface area contributed by atoms with Gasteiger partial charge in [0.2, 0.25) is 0 Å². The van der Waals surface area contributed by atoms with Crippen molar-refractivity contribution in [3.05, 3.63) is 170 Å². The number of hydrogen-bond donors (Lipinski definition) is 0. The molecule has 0 atom stereocenters. The van der Waals surface area contributed by atoms with Crippen LogP contribution >= 0.6 is 0 Å². The van der Waals surface area contributed by atoms with Crippen LogP contribution in [0.25, 0.3) is 94.7 Å². The van der Waals surface area contributed by atoms with Crippen molar-refractivity contribution < 1.29 is 11.3 Å². The van der Waals surface area contributed by atoms with Gasteiger partial charge in [-0.15, -0.1) is 0 Å². The van der Waals surface area contributed by atoms with Crippen molar-refractivity contribution in [2.45, 2.75) is 0 Å². The summed E-state index contributed by atoms with van der Waals surface area (Å²) in [6.07, 6.45) is 0. The Hall–Kier alpha value is -6.85. The van der Waals surface area contributed by atoms with Gasteiger partial charge < -0.3 is 8.98 Å². The molecule has 50 heavy (non-hydrogen) atoms. The Balaban J connectivity index is 1.18. The van der Waals surface area contributed by atoms with Crippen molar-refractivity contribution in [3.8, 4) is 51.0 Å². The SMILES string of the molecule is [2H]c1c([2H])c([2H])c(-c2cccc3c2c2ccccc2n3-c2cccc3c2oc2ccc(-c4nc(-c5ccccc5)nc(-c5ccccc5)n4)cc23)c([2H])c1[2H]. The van der Waals surface area contributed by atoms with E-state index < -0.39 is 6.04 Å². The quantitative estimate of drug-likeness (QED) is 0.187. The van der Waals surface area contributed by atoms with Crippen LogP contribution in [0.4, 0.5) is 0 Å². The van der Waals surface area contributed by atoms with Crippen molar-refractivity contribution >= 4 is 43.7 Å². The molecule has 7 aromatic carbocycles. The molecule has 5 nitrogen and oxygen atoms in total. The third-order valence-corrected chi connectivity index (χ3v) is 9.14. The number of rotatable bonds is 5. The molecule has 0 unspecified atom stereocenters. The molecule has 3 aromatic heterocycles. The molecule has 0 radical (unpaired) electrons. The van der Waals surface area contributed by atoms with Gasteiger partial charge in [0.05, 0.1) is 23.6 Å². The van der Waals surface area contributed by atoms with Gasteiger partial charge in [0.1, 0.15) is 5.58 Å². The van der Waals surface area contributed by atoms with E-state index in [1.54, 1.807) is 0 Å². The van der Waals surface area contributed by atoms with Crippen molar-refractivity contribution in [2.75, 3.05) is 0 Å². The molecule has 0 aliphatic heterocycles. The van der Waals surface area contributed by atoms with Gasteiger partial charge in [-0.05, 0) is 47.5 Å². The summed E-state index contributed by atoms with van der Waals surface area (Å²) in [6.45, 7) is 0. The first-order valence-corrected chi connectivity index (χ1v) is 16.3. The van der Waals surface area contributed by atoms with Crippen LogP contribution in [0.2, 0.25) is 0 Å². The van der Waals surface area contributed by atoms with Crippen molar-refractivity contribution in [3.63, 3.8) is 0 Å². The number of furan rings is 1. The molecule has 0 fully saturated rings. The van der Waals surface area contributed by atoms with E-state index in [0.717, 1.165) is 55.0 Å². The Kier molecular flexibility index (Phi) is 5.35. The maximum atomic E-state index is 8.78. The molecular weight excluding hydrogens is 613 g/mol. The highest BCUT2D eigenvalue weighted by atomic mass is 16.3. The lowest BCUT2D eigenvalue weighted by Gasteiger charge is -2.09. The van der Waals surface area contributed by atoms with E-state index in [9.17, 15) is 0 Å². The molecule has 0 N–H and O–H groups in total. The molecule has 0 amide bonds. The highest BCUT2D eigenvalue weighted by Crippen LogP contribution is 2.41. The Morgan fingerprint density at radius 2 is 1.10 bits per heavy atom. The van der Waals surface area contributed by atoms with E-state index in [1.807, 2.05) is 133 Å². The molecule has 0 bridgehead atoms. The first kappa shape index (κ1) is 23.5.